The second-order valence-electron chi connectivity index (χ2n) is 6.11. The van der Waals surface area contributed by atoms with Crippen LogP contribution in [0.2, 0.25) is 0 Å². The molecule has 20 heavy (non-hydrogen) atoms. The molecule has 0 spiro atoms. The summed E-state index contributed by atoms with van der Waals surface area (Å²) in [5.74, 6) is 1.91. The highest BCUT2D eigenvalue weighted by Crippen LogP contribution is 2.31. The zero-order valence-corrected chi connectivity index (χ0v) is 13.5. The molecule has 2 heteroatoms. The minimum absolute atomic E-state index is 0.164. The van der Waals surface area contributed by atoms with Crippen molar-refractivity contribution in [2.24, 2.45) is 11.8 Å². The standard InChI is InChI=1S/C18H28O2/c1-7-12-20-18(4,5)17(14(2)3)13-15-8-10-16(19-6)11-9-15/h7-11,14,17H,1,12-13H2,2-6H3/t17-/m0/s1. The smallest absolute Gasteiger partial charge is 0.118 e. The number of hydrogen-bond donors (Lipinski definition) is 0. The van der Waals surface area contributed by atoms with Gasteiger partial charge in [0.1, 0.15) is 5.75 Å². The number of hydrogen-bond acceptors (Lipinski definition) is 2. The third-order valence-corrected chi connectivity index (χ3v) is 3.89. The van der Waals surface area contributed by atoms with Gasteiger partial charge in [-0.1, -0.05) is 32.1 Å². The van der Waals surface area contributed by atoms with Gasteiger partial charge in [0.25, 0.3) is 0 Å². The summed E-state index contributed by atoms with van der Waals surface area (Å²) < 4.78 is 11.2. The van der Waals surface area contributed by atoms with Gasteiger partial charge in [-0.2, -0.15) is 0 Å². The average molecular weight is 276 g/mol. The molecule has 1 aromatic carbocycles. The minimum atomic E-state index is -0.164. The lowest BCUT2D eigenvalue weighted by Gasteiger charge is -2.37. The van der Waals surface area contributed by atoms with Crippen molar-refractivity contribution < 1.29 is 9.47 Å². The monoisotopic (exact) mass is 276 g/mol. The molecule has 0 unspecified atom stereocenters. The Morgan fingerprint density at radius 2 is 1.80 bits per heavy atom. The Kier molecular flexibility index (Phi) is 6.28. The van der Waals surface area contributed by atoms with E-state index in [1.165, 1.54) is 5.56 Å². The van der Waals surface area contributed by atoms with Gasteiger partial charge < -0.3 is 9.47 Å². The molecule has 2 nitrogen and oxygen atoms in total. The van der Waals surface area contributed by atoms with Crippen molar-refractivity contribution in [3.63, 3.8) is 0 Å². The van der Waals surface area contributed by atoms with Crippen LogP contribution in [0.15, 0.2) is 36.9 Å². The molecule has 0 aromatic heterocycles. The minimum Gasteiger partial charge on any atom is -0.497 e. The van der Waals surface area contributed by atoms with Crippen LogP contribution in [0.3, 0.4) is 0 Å². The van der Waals surface area contributed by atoms with Crippen LogP contribution in [0.25, 0.3) is 0 Å². The van der Waals surface area contributed by atoms with Gasteiger partial charge in [0.15, 0.2) is 0 Å². The maximum atomic E-state index is 5.98. The highest BCUT2D eigenvalue weighted by atomic mass is 16.5. The summed E-state index contributed by atoms with van der Waals surface area (Å²) in [5, 5.41) is 0. The van der Waals surface area contributed by atoms with Gasteiger partial charge in [-0.3, -0.25) is 0 Å². The summed E-state index contributed by atoms with van der Waals surface area (Å²) in [5.41, 5.74) is 1.15. The van der Waals surface area contributed by atoms with Crippen molar-refractivity contribution in [1.29, 1.82) is 0 Å². The molecule has 112 valence electrons. The van der Waals surface area contributed by atoms with Crippen molar-refractivity contribution in [3.05, 3.63) is 42.5 Å². The van der Waals surface area contributed by atoms with Crippen LogP contribution >= 0.6 is 0 Å². The van der Waals surface area contributed by atoms with Crippen LogP contribution in [-0.4, -0.2) is 19.3 Å². The number of rotatable bonds is 8. The lowest BCUT2D eigenvalue weighted by Crippen LogP contribution is -2.39. The van der Waals surface area contributed by atoms with Crippen LogP contribution < -0.4 is 4.74 Å². The third kappa shape index (κ3) is 4.68. The van der Waals surface area contributed by atoms with Crippen molar-refractivity contribution in [2.45, 2.75) is 39.7 Å². The first-order valence-corrected chi connectivity index (χ1v) is 7.28. The van der Waals surface area contributed by atoms with Crippen molar-refractivity contribution in [3.8, 4) is 5.75 Å². The SMILES string of the molecule is C=CCOC(C)(C)[C@@H](Cc1ccc(OC)cc1)C(C)C. The molecule has 0 radical (unpaired) electrons. The average Bonchev–Trinajstić information content (AvgIpc) is 2.42. The zero-order chi connectivity index (χ0) is 15.2. The van der Waals surface area contributed by atoms with Crippen LogP contribution in [0.5, 0.6) is 5.75 Å². The Bertz CT molecular complexity index is 404. The second-order valence-corrected chi connectivity index (χ2v) is 6.11. The summed E-state index contributed by atoms with van der Waals surface area (Å²) in [6.45, 7) is 13.2. The van der Waals surface area contributed by atoms with Crippen molar-refractivity contribution in [2.75, 3.05) is 13.7 Å². The first-order valence-electron chi connectivity index (χ1n) is 7.28. The number of ether oxygens (including phenoxy) is 2. The molecule has 0 bridgehead atoms. The molecule has 0 aliphatic carbocycles. The lowest BCUT2D eigenvalue weighted by molar-refractivity contribution is -0.0611. The van der Waals surface area contributed by atoms with E-state index in [9.17, 15) is 0 Å². The van der Waals surface area contributed by atoms with E-state index in [2.05, 4.69) is 46.4 Å². The molecular weight excluding hydrogens is 248 g/mol. The largest absolute Gasteiger partial charge is 0.497 e. The Morgan fingerprint density at radius 1 is 1.20 bits per heavy atom. The van der Waals surface area contributed by atoms with Gasteiger partial charge in [-0.05, 0) is 49.8 Å². The van der Waals surface area contributed by atoms with E-state index in [1.54, 1.807) is 7.11 Å². The summed E-state index contributed by atoms with van der Waals surface area (Å²) in [7, 11) is 1.69. The van der Waals surface area contributed by atoms with Crippen LogP contribution in [0.4, 0.5) is 0 Å². The quantitative estimate of drug-likeness (QED) is 0.651. The molecule has 0 saturated carbocycles. The topological polar surface area (TPSA) is 18.5 Å². The lowest BCUT2D eigenvalue weighted by atomic mass is 9.77. The first-order chi connectivity index (χ1) is 9.40. The summed E-state index contributed by atoms with van der Waals surface area (Å²) in [6.07, 6.45) is 2.82. The fourth-order valence-electron chi connectivity index (χ4n) is 2.68. The van der Waals surface area contributed by atoms with E-state index >= 15 is 0 Å². The van der Waals surface area contributed by atoms with Crippen molar-refractivity contribution >= 4 is 0 Å². The van der Waals surface area contributed by atoms with Crippen LogP contribution in [0, 0.1) is 11.8 Å². The highest BCUT2D eigenvalue weighted by Gasteiger charge is 2.32. The molecule has 0 N–H and O–H groups in total. The van der Waals surface area contributed by atoms with E-state index in [4.69, 9.17) is 9.47 Å². The molecule has 0 aliphatic heterocycles. The summed E-state index contributed by atoms with van der Waals surface area (Å²) in [4.78, 5) is 0. The zero-order valence-electron chi connectivity index (χ0n) is 13.5. The predicted molar refractivity (Wildman–Crippen MR) is 85.3 cm³/mol. The van der Waals surface area contributed by atoms with Gasteiger partial charge >= 0.3 is 0 Å². The molecule has 0 saturated heterocycles. The molecule has 0 aliphatic rings. The second kappa shape index (κ2) is 7.49. The third-order valence-electron chi connectivity index (χ3n) is 3.89. The molecule has 0 heterocycles. The predicted octanol–water partition coefficient (Wildman–Crippen LogP) is 4.49. The molecule has 0 amide bonds. The Hall–Kier alpha value is -1.28. The van der Waals surface area contributed by atoms with Gasteiger partial charge in [-0.15, -0.1) is 6.58 Å². The molecule has 1 aromatic rings. The van der Waals surface area contributed by atoms with E-state index in [0.29, 0.717) is 18.4 Å². The Balaban J connectivity index is 2.82. The molecule has 0 fully saturated rings. The van der Waals surface area contributed by atoms with Gasteiger partial charge in [0.2, 0.25) is 0 Å². The maximum absolute atomic E-state index is 5.98. The Morgan fingerprint density at radius 3 is 2.25 bits per heavy atom. The van der Waals surface area contributed by atoms with Crippen molar-refractivity contribution in [1.82, 2.24) is 0 Å². The normalized spacial score (nSPS) is 13.3. The van der Waals surface area contributed by atoms with E-state index in [0.717, 1.165) is 12.2 Å². The Labute approximate surface area is 123 Å². The fourth-order valence-corrected chi connectivity index (χ4v) is 2.68. The highest BCUT2D eigenvalue weighted by molar-refractivity contribution is 5.27. The van der Waals surface area contributed by atoms with Gasteiger partial charge in [-0.25, -0.2) is 0 Å². The van der Waals surface area contributed by atoms with Crippen LogP contribution in [-0.2, 0) is 11.2 Å². The van der Waals surface area contributed by atoms with Gasteiger partial charge in [0, 0.05) is 0 Å². The molecule has 1 rings (SSSR count). The summed E-state index contributed by atoms with van der Waals surface area (Å²) in [6, 6.07) is 8.31. The van der Waals surface area contributed by atoms with E-state index < -0.39 is 0 Å². The van der Waals surface area contributed by atoms with E-state index in [-0.39, 0.29) is 5.60 Å². The van der Waals surface area contributed by atoms with E-state index in [1.807, 2.05) is 18.2 Å². The number of methoxy groups -OCH3 is 1. The van der Waals surface area contributed by atoms with Gasteiger partial charge in [0.05, 0.1) is 19.3 Å². The summed E-state index contributed by atoms with van der Waals surface area (Å²) >= 11 is 0. The fraction of sp³-hybridized carbons (Fsp3) is 0.556. The van der Waals surface area contributed by atoms with Crippen LogP contribution in [0.1, 0.15) is 33.3 Å². The molecular formula is C18H28O2. The molecule has 1 atom stereocenters. The number of benzene rings is 1. The maximum Gasteiger partial charge on any atom is 0.118 e. The first kappa shape index (κ1) is 16.8.